The van der Waals surface area contributed by atoms with Crippen molar-refractivity contribution in [2.75, 3.05) is 24.6 Å². The van der Waals surface area contributed by atoms with E-state index in [9.17, 15) is 19.5 Å². The Labute approximate surface area is 278 Å². The SMILES string of the molecule is CCOc1ccc(N(C(=O)OC(C)(C)C)c2c(C)c(OC3CN(C(=O)OCc4ccccc4)CC/C3=C/C(=O)O)nc3ccnn23)cc1. The molecule has 3 heterocycles. The molecule has 2 aromatic carbocycles. The van der Waals surface area contributed by atoms with E-state index in [4.69, 9.17) is 18.9 Å². The molecule has 0 saturated carbocycles. The number of amides is 2. The van der Waals surface area contributed by atoms with Crippen LogP contribution in [-0.4, -0.2) is 74.2 Å². The highest BCUT2D eigenvalue weighted by molar-refractivity contribution is 5.96. The summed E-state index contributed by atoms with van der Waals surface area (Å²) in [5.74, 6) is -0.0793. The van der Waals surface area contributed by atoms with Crippen molar-refractivity contribution in [2.24, 2.45) is 0 Å². The second kappa shape index (κ2) is 14.4. The molecular weight excluding hydrogens is 618 g/mol. The summed E-state index contributed by atoms with van der Waals surface area (Å²) >= 11 is 0. The molecule has 0 aliphatic carbocycles. The van der Waals surface area contributed by atoms with Gasteiger partial charge in [0, 0.05) is 18.7 Å². The molecule has 1 unspecified atom stereocenters. The van der Waals surface area contributed by atoms with Crippen LogP contribution in [0, 0.1) is 6.92 Å². The molecule has 13 heteroatoms. The van der Waals surface area contributed by atoms with Crippen LogP contribution in [0.5, 0.6) is 11.6 Å². The lowest BCUT2D eigenvalue weighted by atomic mass is 10.0. The minimum absolute atomic E-state index is 0.0162. The highest BCUT2D eigenvalue weighted by Crippen LogP contribution is 2.36. The third-order valence-electron chi connectivity index (χ3n) is 7.39. The van der Waals surface area contributed by atoms with Gasteiger partial charge in [-0.2, -0.15) is 14.6 Å². The van der Waals surface area contributed by atoms with Gasteiger partial charge in [0.1, 0.15) is 24.1 Å². The van der Waals surface area contributed by atoms with Crippen molar-refractivity contribution >= 4 is 35.3 Å². The third kappa shape index (κ3) is 8.03. The molecule has 48 heavy (non-hydrogen) atoms. The molecule has 1 fully saturated rings. The van der Waals surface area contributed by atoms with Crippen LogP contribution in [0.4, 0.5) is 21.1 Å². The van der Waals surface area contributed by atoms with Crippen LogP contribution in [0.2, 0.25) is 0 Å². The molecule has 4 aromatic rings. The number of piperidine rings is 1. The molecule has 2 amide bonds. The number of aromatic nitrogens is 3. The fourth-order valence-electron chi connectivity index (χ4n) is 5.23. The van der Waals surface area contributed by atoms with Gasteiger partial charge in [0.25, 0.3) is 0 Å². The molecule has 0 bridgehead atoms. The molecule has 0 spiro atoms. The molecule has 1 atom stereocenters. The Morgan fingerprint density at radius 1 is 1.06 bits per heavy atom. The summed E-state index contributed by atoms with van der Waals surface area (Å²) in [7, 11) is 0. The Hall–Kier alpha value is -5.59. The van der Waals surface area contributed by atoms with Gasteiger partial charge < -0.3 is 29.0 Å². The van der Waals surface area contributed by atoms with E-state index in [1.165, 1.54) is 14.3 Å². The molecule has 5 rings (SSSR count). The van der Waals surface area contributed by atoms with Crippen molar-refractivity contribution < 1.29 is 38.4 Å². The largest absolute Gasteiger partial charge is 0.494 e. The maximum atomic E-state index is 13.9. The van der Waals surface area contributed by atoms with E-state index in [0.29, 0.717) is 40.6 Å². The number of anilines is 2. The van der Waals surface area contributed by atoms with Crippen LogP contribution in [0.25, 0.3) is 5.65 Å². The van der Waals surface area contributed by atoms with E-state index >= 15 is 0 Å². The summed E-state index contributed by atoms with van der Waals surface area (Å²) in [4.78, 5) is 46.3. The number of hydrogen-bond acceptors (Lipinski definition) is 9. The third-order valence-corrected chi connectivity index (χ3v) is 7.39. The zero-order valence-corrected chi connectivity index (χ0v) is 27.6. The zero-order chi connectivity index (χ0) is 34.4. The van der Waals surface area contributed by atoms with Crippen LogP contribution in [0.1, 0.15) is 45.2 Å². The van der Waals surface area contributed by atoms with Gasteiger partial charge in [0.05, 0.1) is 30.6 Å². The Balaban J connectivity index is 1.52. The highest BCUT2D eigenvalue weighted by atomic mass is 16.6. The van der Waals surface area contributed by atoms with E-state index < -0.39 is 29.9 Å². The number of fused-ring (bicyclic) bond motifs is 1. The first kappa shape index (κ1) is 33.8. The van der Waals surface area contributed by atoms with Gasteiger partial charge in [-0.25, -0.2) is 19.3 Å². The fraction of sp³-hybridized carbons (Fsp3) is 0.343. The molecule has 0 radical (unpaired) electrons. The van der Waals surface area contributed by atoms with Crippen LogP contribution in [0.15, 0.2) is 78.5 Å². The van der Waals surface area contributed by atoms with Gasteiger partial charge in [-0.3, -0.25) is 0 Å². The molecular formula is C35H39N5O8. The van der Waals surface area contributed by atoms with Gasteiger partial charge in [-0.05, 0) is 76.4 Å². The van der Waals surface area contributed by atoms with Crippen molar-refractivity contribution in [3.8, 4) is 11.6 Å². The molecule has 1 saturated heterocycles. The number of hydrogen-bond donors (Lipinski definition) is 1. The average molecular weight is 658 g/mol. The van der Waals surface area contributed by atoms with Gasteiger partial charge in [-0.1, -0.05) is 30.3 Å². The molecule has 1 N–H and O–H groups in total. The number of benzene rings is 2. The molecule has 1 aliphatic heterocycles. The van der Waals surface area contributed by atoms with Crippen LogP contribution >= 0.6 is 0 Å². The summed E-state index contributed by atoms with van der Waals surface area (Å²) in [6.07, 6.45) is 0.794. The number of rotatable bonds is 9. The van der Waals surface area contributed by atoms with Crippen molar-refractivity contribution in [1.82, 2.24) is 19.5 Å². The number of aliphatic carboxylic acids is 1. The van der Waals surface area contributed by atoms with Crippen molar-refractivity contribution in [3.63, 3.8) is 0 Å². The Bertz CT molecular complexity index is 1800. The van der Waals surface area contributed by atoms with Crippen LogP contribution in [0.3, 0.4) is 0 Å². The van der Waals surface area contributed by atoms with E-state index in [-0.39, 0.29) is 32.0 Å². The number of carboxylic acid groups (broad SMARTS) is 1. The van der Waals surface area contributed by atoms with Gasteiger partial charge in [0.15, 0.2) is 11.5 Å². The maximum absolute atomic E-state index is 13.9. The predicted octanol–water partition coefficient (Wildman–Crippen LogP) is 6.31. The zero-order valence-electron chi connectivity index (χ0n) is 27.6. The first-order chi connectivity index (χ1) is 22.9. The van der Waals surface area contributed by atoms with Gasteiger partial charge in [0.2, 0.25) is 5.88 Å². The van der Waals surface area contributed by atoms with Crippen LogP contribution in [-0.2, 0) is 20.9 Å². The lowest BCUT2D eigenvalue weighted by Gasteiger charge is -2.34. The number of carboxylic acids is 1. The number of carbonyl (C=O) groups excluding carboxylic acids is 2. The Morgan fingerprint density at radius 2 is 1.79 bits per heavy atom. The summed E-state index contributed by atoms with van der Waals surface area (Å²) in [6, 6.07) is 17.9. The summed E-state index contributed by atoms with van der Waals surface area (Å²) < 4.78 is 24.9. The first-order valence-corrected chi connectivity index (χ1v) is 15.6. The van der Waals surface area contributed by atoms with E-state index in [1.807, 2.05) is 37.3 Å². The van der Waals surface area contributed by atoms with Crippen molar-refractivity contribution in [3.05, 3.63) is 89.6 Å². The number of ether oxygens (including phenoxy) is 4. The summed E-state index contributed by atoms with van der Waals surface area (Å²) in [5.41, 5.74) is 1.75. The summed E-state index contributed by atoms with van der Waals surface area (Å²) in [5, 5.41) is 14.1. The molecule has 1 aliphatic rings. The smallest absolute Gasteiger partial charge is 0.420 e. The van der Waals surface area contributed by atoms with Crippen LogP contribution < -0.4 is 14.4 Å². The minimum Gasteiger partial charge on any atom is -0.494 e. The highest BCUT2D eigenvalue weighted by Gasteiger charge is 2.34. The molecule has 2 aromatic heterocycles. The lowest BCUT2D eigenvalue weighted by Crippen LogP contribution is -2.46. The van der Waals surface area contributed by atoms with E-state index in [2.05, 4.69) is 10.1 Å². The monoisotopic (exact) mass is 657 g/mol. The predicted molar refractivity (Wildman–Crippen MR) is 177 cm³/mol. The van der Waals surface area contributed by atoms with Crippen molar-refractivity contribution in [2.45, 2.75) is 59.4 Å². The minimum atomic E-state index is -1.14. The number of carbonyl (C=O) groups is 3. The van der Waals surface area contributed by atoms with Crippen molar-refractivity contribution in [1.29, 1.82) is 0 Å². The van der Waals surface area contributed by atoms with Gasteiger partial charge in [-0.15, -0.1) is 0 Å². The quantitative estimate of drug-likeness (QED) is 0.203. The second-order valence-corrected chi connectivity index (χ2v) is 12.1. The Morgan fingerprint density at radius 3 is 2.46 bits per heavy atom. The number of nitrogens with zero attached hydrogens (tertiary/aromatic N) is 5. The number of likely N-dealkylation sites (tertiary alicyclic amines) is 1. The average Bonchev–Trinajstić information content (AvgIpc) is 3.51. The summed E-state index contributed by atoms with van der Waals surface area (Å²) in [6.45, 7) is 9.76. The maximum Gasteiger partial charge on any atom is 0.420 e. The topological polar surface area (TPSA) is 145 Å². The standard InChI is InChI=1S/C35H39N5O8/c1-6-45-27-14-12-26(13-15-27)39(34(44)48-35(3,4)5)32-23(2)31(37-29-16-18-36-40(29)32)47-28-21-38(19-17-25(28)20-30(41)42)33(43)46-22-24-10-8-7-9-11-24/h7-16,18,20,28H,6,17,19,21-22H2,1-5H3,(H,41,42)/b25-20-. The van der Waals surface area contributed by atoms with E-state index in [0.717, 1.165) is 11.6 Å². The molecule has 252 valence electrons. The fourth-order valence-corrected chi connectivity index (χ4v) is 5.23. The normalized spacial score (nSPS) is 15.6. The first-order valence-electron chi connectivity index (χ1n) is 15.6. The Kier molecular flexibility index (Phi) is 10.2. The molecule has 13 nitrogen and oxygen atoms in total. The second-order valence-electron chi connectivity index (χ2n) is 12.1. The lowest BCUT2D eigenvalue weighted by molar-refractivity contribution is -0.131. The van der Waals surface area contributed by atoms with E-state index in [1.54, 1.807) is 64.2 Å². The van der Waals surface area contributed by atoms with Gasteiger partial charge >= 0.3 is 18.2 Å².